The lowest BCUT2D eigenvalue weighted by Gasteiger charge is -2.07. The van der Waals surface area contributed by atoms with Gasteiger partial charge in [-0.1, -0.05) is 42.5 Å². The van der Waals surface area contributed by atoms with Crippen molar-refractivity contribution in [3.63, 3.8) is 0 Å². The molecule has 2 aromatic carbocycles. The van der Waals surface area contributed by atoms with Crippen molar-refractivity contribution in [2.75, 3.05) is 6.61 Å². The maximum atomic E-state index is 10.4. The third kappa shape index (κ3) is 4.74. The Morgan fingerprint density at radius 1 is 0.950 bits per heavy atom. The van der Waals surface area contributed by atoms with E-state index in [1.165, 1.54) is 5.56 Å². The summed E-state index contributed by atoms with van der Waals surface area (Å²) in [4.78, 5) is 10.4. The molecule has 0 aromatic heterocycles. The molecule has 2 rings (SSSR count). The molecule has 2 aromatic rings. The number of aliphatic carboxylic acids is 1. The molecule has 0 aliphatic heterocycles. The van der Waals surface area contributed by atoms with Gasteiger partial charge in [-0.05, 0) is 23.3 Å². The molecule has 0 spiro atoms. The molecule has 104 valence electrons. The second-order valence-corrected chi connectivity index (χ2v) is 4.42. The van der Waals surface area contributed by atoms with Gasteiger partial charge in [-0.25, -0.2) is 4.79 Å². The maximum Gasteiger partial charge on any atom is 0.341 e. The largest absolute Gasteiger partial charge is 0.482 e. The zero-order valence-corrected chi connectivity index (χ0v) is 11.1. The Hall–Kier alpha value is -2.33. The number of nitrogens with one attached hydrogen (secondary N) is 1. The van der Waals surface area contributed by atoms with Gasteiger partial charge in [-0.3, -0.25) is 0 Å². The minimum absolute atomic E-state index is 0.314. The van der Waals surface area contributed by atoms with E-state index in [9.17, 15) is 4.79 Å². The summed E-state index contributed by atoms with van der Waals surface area (Å²) in [5, 5.41) is 11.9. The fourth-order valence-corrected chi connectivity index (χ4v) is 1.80. The van der Waals surface area contributed by atoms with Gasteiger partial charge in [-0.2, -0.15) is 0 Å². The van der Waals surface area contributed by atoms with Gasteiger partial charge in [0.25, 0.3) is 0 Å². The molecule has 0 aliphatic rings. The second-order valence-electron chi connectivity index (χ2n) is 4.42. The normalized spacial score (nSPS) is 10.2. The van der Waals surface area contributed by atoms with Crippen molar-refractivity contribution < 1.29 is 14.6 Å². The summed E-state index contributed by atoms with van der Waals surface area (Å²) in [5.74, 6) is -0.405. The van der Waals surface area contributed by atoms with Crippen LogP contribution in [-0.4, -0.2) is 17.7 Å². The van der Waals surface area contributed by atoms with E-state index in [2.05, 4.69) is 17.4 Å². The van der Waals surface area contributed by atoms with Crippen molar-refractivity contribution in [3.8, 4) is 5.75 Å². The van der Waals surface area contributed by atoms with E-state index in [-0.39, 0.29) is 6.61 Å². The Kier molecular flexibility index (Phi) is 5.15. The van der Waals surface area contributed by atoms with Crippen LogP contribution in [0, 0.1) is 0 Å². The third-order valence-corrected chi connectivity index (χ3v) is 2.79. The highest BCUT2D eigenvalue weighted by Gasteiger charge is 1.99. The summed E-state index contributed by atoms with van der Waals surface area (Å²) in [7, 11) is 0. The molecule has 0 unspecified atom stereocenters. The zero-order valence-electron chi connectivity index (χ0n) is 11.1. The molecule has 0 amide bonds. The van der Waals surface area contributed by atoms with Crippen LogP contribution in [0.15, 0.2) is 54.6 Å². The number of benzene rings is 2. The lowest BCUT2D eigenvalue weighted by Crippen LogP contribution is -2.12. The van der Waals surface area contributed by atoms with Gasteiger partial charge in [0, 0.05) is 13.1 Å². The van der Waals surface area contributed by atoms with Gasteiger partial charge in [0.1, 0.15) is 5.75 Å². The molecule has 0 saturated carbocycles. The van der Waals surface area contributed by atoms with Crippen LogP contribution >= 0.6 is 0 Å². The number of carboxylic acids is 1. The summed E-state index contributed by atoms with van der Waals surface area (Å²) >= 11 is 0. The Bertz CT molecular complexity index is 537. The number of rotatable bonds is 7. The molecule has 0 saturated heterocycles. The van der Waals surface area contributed by atoms with E-state index in [4.69, 9.17) is 9.84 Å². The van der Waals surface area contributed by atoms with Crippen molar-refractivity contribution >= 4 is 5.97 Å². The van der Waals surface area contributed by atoms with E-state index >= 15 is 0 Å². The van der Waals surface area contributed by atoms with Crippen molar-refractivity contribution in [2.24, 2.45) is 0 Å². The van der Waals surface area contributed by atoms with Crippen LogP contribution in [0.2, 0.25) is 0 Å². The number of hydrogen-bond acceptors (Lipinski definition) is 3. The van der Waals surface area contributed by atoms with Crippen molar-refractivity contribution in [1.29, 1.82) is 0 Å². The van der Waals surface area contributed by atoms with Crippen LogP contribution in [0.3, 0.4) is 0 Å². The Morgan fingerprint density at radius 2 is 1.55 bits per heavy atom. The highest BCUT2D eigenvalue weighted by Crippen LogP contribution is 2.12. The number of carbonyl (C=O) groups is 1. The SMILES string of the molecule is O=C(O)COc1ccc(CNCc2ccccc2)cc1. The highest BCUT2D eigenvalue weighted by molar-refractivity contribution is 5.68. The minimum atomic E-state index is -0.974. The molecule has 20 heavy (non-hydrogen) atoms. The molecule has 0 atom stereocenters. The number of hydrogen-bond donors (Lipinski definition) is 2. The van der Waals surface area contributed by atoms with Crippen LogP contribution in [-0.2, 0) is 17.9 Å². The van der Waals surface area contributed by atoms with Gasteiger partial charge in [0.15, 0.2) is 6.61 Å². The van der Waals surface area contributed by atoms with Crippen LogP contribution in [0.4, 0.5) is 0 Å². The fourth-order valence-electron chi connectivity index (χ4n) is 1.80. The summed E-state index contributed by atoms with van der Waals surface area (Å²) in [6, 6.07) is 17.6. The third-order valence-electron chi connectivity index (χ3n) is 2.79. The van der Waals surface area contributed by atoms with E-state index in [0.717, 1.165) is 18.7 Å². The van der Waals surface area contributed by atoms with E-state index in [0.29, 0.717) is 5.75 Å². The predicted molar refractivity (Wildman–Crippen MR) is 76.6 cm³/mol. The van der Waals surface area contributed by atoms with E-state index in [1.807, 2.05) is 30.3 Å². The number of carboxylic acid groups (broad SMARTS) is 1. The van der Waals surface area contributed by atoms with Gasteiger partial charge in [0.2, 0.25) is 0 Å². The first kappa shape index (κ1) is 14.1. The molecular weight excluding hydrogens is 254 g/mol. The molecule has 0 fully saturated rings. The van der Waals surface area contributed by atoms with Gasteiger partial charge < -0.3 is 15.2 Å². The maximum absolute atomic E-state index is 10.4. The Balaban J connectivity index is 1.77. The van der Waals surface area contributed by atoms with Crippen LogP contribution in [0.5, 0.6) is 5.75 Å². The first-order valence-electron chi connectivity index (χ1n) is 6.42. The van der Waals surface area contributed by atoms with Gasteiger partial charge in [-0.15, -0.1) is 0 Å². The quantitative estimate of drug-likeness (QED) is 0.812. The monoisotopic (exact) mass is 271 g/mol. The lowest BCUT2D eigenvalue weighted by molar-refractivity contribution is -0.139. The minimum Gasteiger partial charge on any atom is -0.482 e. The molecule has 0 aliphatic carbocycles. The summed E-state index contributed by atoms with van der Waals surface area (Å²) < 4.78 is 5.08. The van der Waals surface area contributed by atoms with Gasteiger partial charge in [0.05, 0.1) is 0 Å². The molecule has 2 N–H and O–H groups in total. The Morgan fingerprint density at radius 3 is 2.15 bits per heavy atom. The van der Waals surface area contributed by atoms with Crippen molar-refractivity contribution in [1.82, 2.24) is 5.32 Å². The molecule has 0 bridgehead atoms. The number of ether oxygens (including phenoxy) is 1. The summed E-state index contributed by atoms with van der Waals surface area (Å²) in [5.41, 5.74) is 2.37. The molecular formula is C16H17NO3. The highest BCUT2D eigenvalue weighted by atomic mass is 16.5. The Labute approximate surface area is 118 Å². The lowest BCUT2D eigenvalue weighted by atomic mass is 10.2. The average Bonchev–Trinajstić information content (AvgIpc) is 2.47. The van der Waals surface area contributed by atoms with Crippen LogP contribution in [0.25, 0.3) is 0 Å². The zero-order chi connectivity index (χ0) is 14.2. The van der Waals surface area contributed by atoms with E-state index in [1.54, 1.807) is 12.1 Å². The molecule has 4 nitrogen and oxygen atoms in total. The standard InChI is InChI=1S/C16H17NO3/c18-16(19)12-20-15-8-6-14(7-9-15)11-17-10-13-4-2-1-3-5-13/h1-9,17H,10-12H2,(H,18,19). The summed E-state index contributed by atoms with van der Waals surface area (Å²) in [6.07, 6.45) is 0. The van der Waals surface area contributed by atoms with Crippen LogP contribution in [0.1, 0.15) is 11.1 Å². The van der Waals surface area contributed by atoms with Crippen molar-refractivity contribution in [2.45, 2.75) is 13.1 Å². The topological polar surface area (TPSA) is 58.6 Å². The fraction of sp³-hybridized carbons (Fsp3) is 0.188. The van der Waals surface area contributed by atoms with E-state index < -0.39 is 5.97 Å². The molecule has 0 radical (unpaired) electrons. The predicted octanol–water partition coefficient (Wildman–Crippen LogP) is 2.44. The summed E-state index contributed by atoms with van der Waals surface area (Å²) in [6.45, 7) is 1.26. The second kappa shape index (κ2) is 7.31. The van der Waals surface area contributed by atoms with Crippen LogP contribution < -0.4 is 10.1 Å². The van der Waals surface area contributed by atoms with Crippen molar-refractivity contribution in [3.05, 3.63) is 65.7 Å². The average molecular weight is 271 g/mol. The smallest absolute Gasteiger partial charge is 0.341 e. The first-order valence-corrected chi connectivity index (χ1v) is 6.42. The van der Waals surface area contributed by atoms with Gasteiger partial charge >= 0.3 is 5.97 Å². The molecule has 0 heterocycles. The first-order chi connectivity index (χ1) is 9.74. The molecule has 4 heteroatoms.